The van der Waals surface area contributed by atoms with E-state index < -0.39 is 63.4 Å². The smallest absolute Gasteiger partial charge is 0.416 e. The zero-order valence-electron chi connectivity index (χ0n) is 19.4. The Morgan fingerprint density at radius 1 is 1.03 bits per heavy atom. The number of fused-ring (bicyclic) bond motifs is 1. The molecule has 39 heavy (non-hydrogen) atoms. The number of benzene rings is 2. The largest absolute Gasteiger partial charge is 0.461 e. The number of amides is 1. The number of alkyl halides is 6. The first-order chi connectivity index (χ1) is 18.2. The molecule has 0 spiro atoms. The van der Waals surface area contributed by atoms with Gasteiger partial charge in [0.05, 0.1) is 23.1 Å². The summed E-state index contributed by atoms with van der Waals surface area (Å²) in [7, 11) is 0. The van der Waals surface area contributed by atoms with E-state index in [2.05, 4.69) is 10.4 Å². The van der Waals surface area contributed by atoms with Crippen LogP contribution in [-0.4, -0.2) is 28.3 Å². The molecule has 4 rings (SSSR count). The fraction of sp³-hybridized carbons (Fsp3) is 0.167. The molecule has 1 amide bonds. The minimum atomic E-state index is -5.19. The summed E-state index contributed by atoms with van der Waals surface area (Å²) in [5.41, 5.74) is -6.26. The Balaban J connectivity index is 1.88. The van der Waals surface area contributed by atoms with Gasteiger partial charge in [0, 0.05) is 16.3 Å². The molecule has 0 unspecified atom stereocenters. The van der Waals surface area contributed by atoms with Crippen LogP contribution in [0.15, 0.2) is 52.6 Å². The standard InChI is InChI=1S/C24H14F7N3O4S/c1-2-38-22(37)18-14-10-39-20(17(14)21(36)34(33-18)16-6-4-3-5-15(16)25)32-19(35)11-7-12(23(26,27)28)9-13(8-11)24(29,30)31/h3-10H,2H2,1H3,(H,32,35). The number of thiophene rings is 1. The van der Waals surface area contributed by atoms with Gasteiger partial charge in [-0.2, -0.15) is 36.1 Å². The first kappa shape index (κ1) is 27.8. The van der Waals surface area contributed by atoms with Gasteiger partial charge in [-0.25, -0.2) is 9.18 Å². The van der Waals surface area contributed by atoms with Crippen molar-refractivity contribution in [1.29, 1.82) is 0 Å². The fourth-order valence-electron chi connectivity index (χ4n) is 3.54. The number of para-hydroxylation sites is 1. The lowest BCUT2D eigenvalue weighted by Crippen LogP contribution is -2.26. The van der Waals surface area contributed by atoms with Crippen molar-refractivity contribution in [2.75, 3.05) is 11.9 Å². The lowest BCUT2D eigenvalue weighted by molar-refractivity contribution is -0.143. The van der Waals surface area contributed by atoms with E-state index >= 15 is 0 Å². The van der Waals surface area contributed by atoms with Gasteiger partial charge in [-0.15, -0.1) is 11.3 Å². The van der Waals surface area contributed by atoms with Crippen molar-refractivity contribution in [3.8, 4) is 5.69 Å². The Kier molecular flexibility index (Phi) is 7.21. The Hall–Kier alpha value is -4.27. The van der Waals surface area contributed by atoms with E-state index in [0.29, 0.717) is 16.0 Å². The first-order valence-corrected chi connectivity index (χ1v) is 11.7. The van der Waals surface area contributed by atoms with Crippen LogP contribution in [0.5, 0.6) is 0 Å². The molecule has 0 aliphatic carbocycles. The van der Waals surface area contributed by atoms with Crippen molar-refractivity contribution >= 4 is 39.0 Å². The third kappa shape index (κ3) is 5.48. The maximum absolute atomic E-state index is 14.5. The molecule has 0 saturated heterocycles. The molecule has 0 radical (unpaired) electrons. The van der Waals surface area contributed by atoms with Crippen LogP contribution < -0.4 is 10.9 Å². The summed E-state index contributed by atoms with van der Waals surface area (Å²) in [5, 5.41) is 6.40. The van der Waals surface area contributed by atoms with Crippen LogP contribution in [-0.2, 0) is 17.1 Å². The van der Waals surface area contributed by atoms with Gasteiger partial charge in [-0.3, -0.25) is 9.59 Å². The molecule has 4 aromatic rings. The summed E-state index contributed by atoms with van der Waals surface area (Å²) in [6, 6.07) is 5.21. The summed E-state index contributed by atoms with van der Waals surface area (Å²) < 4.78 is 99.4. The number of carbonyl (C=O) groups excluding carboxylic acids is 2. The van der Waals surface area contributed by atoms with Crippen LogP contribution in [0.2, 0.25) is 0 Å². The van der Waals surface area contributed by atoms with Crippen LogP contribution in [0.3, 0.4) is 0 Å². The van der Waals surface area contributed by atoms with Crippen molar-refractivity contribution in [2.45, 2.75) is 19.3 Å². The second-order valence-electron chi connectivity index (χ2n) is 7.84. The Labute approximate surface area is 217 Å². The monoisotopic (exact) mass is 573 g/mol. The summed E-state index contributed by atoms with van der Waals surface area (Å²) in [5.74, 6) is -3.30. The number of hydrogen-bond acceptors (Lipinski definition) is 6. The Morgan fingerprint density at radius 3 is 2.21 bits per heavy atom. The zero-order chi connectivity index (χ0) is 28.7. The summed E-state index contributed by atoms with van der Waals surface area (Å²) in [4.78, 5) is 38.7. The molecule has 15 heteroatoms. The number of hydrogen-bond donors (Lipinski definition) is 1. The van der Waals surface area contributed by atoms with Crippen molar-refractivity contribution in [1.82, 2.24) is 9.78 Å². The van der Waals surface area contributed by atoms with E-state index in [4.69, 9.17) is 4.74 Å². The van der Waals surface area contributed by atoms with E-state index in [1.54, 1.807) is 0 Å². The molecule has 2 aromatic carbocycles. The molecule has 1 N–H and O–H groups in total. The number of nitrogens with zero attached hydrogens (tertiary/aromatic N) is 2. The van der Waals surface area contributed by atoms with Crippen molar-refractivity contribution in [2.24, 2.45) is 0 Å². The molecule has 0 fully saturated rings. The molecule has 0 aliphatic rings. The average molecular weight is 573 g/mol. The SMILES string of the molecule is CCOC(=O)c1nn(-c2ccccc2F)c(=O)c2c(NC(=O)c3cc(C(F)(F)F)cc(C(F)(F)F)c3)scc12. The van der Waals surface area contributed by atoms with Crippen LogP contribution >= 0.6 is 11.3 Å². The van der Waals surface area contributed by atoms with Gasteiger partial charge in [-0.05, 0) is 37.3 Å². The molecular weight excluding hydrogens is 559 g/mol. The summed E-state index contributed by atoms with van der Waals surface area (Å²) in [6.45, 7) is 1.40. The third-order valence-corrected chi connectivity index (χ3v) is 6.17. The van der Waals surface area contributed by atoms with Gasteiger partial charge >= 0.3 is 18.3 Å². The number of esters is 1. The number of aromatic nitrogens is 2. The minimum Gasteiger partial charge on any atom is -0.461 e. The fourth-order valence-corrected chi connectivity index (χ4v) is 4.47. The van der Waals surface area contributed by atoms with E-state index in [1.165, 1.54) is 30.5 Å². The van der Waals surface area contributed by atoms with E-state index in [1.807, 2.05) is 0 Å². The molecular formula is C24H14F7N3O4S. The van der Waals surface area contributed by atoms with Gasteiger partial charge in [0.1, 0.15) is 16.5 Å². The molecule has 0 aliphatic heterocycles. The summed E-state index contributed by atoms with van der Waals surface area (Å²) >= 11 is 0.646. The second kappa shape index (κ2) is 10.1. The Bertz CT molecular complexity index is 1630. The van der Waals surface area contributed by atoms with Gasteiger partial charge < -0.3 is 10.1 Å². The predicted molar refractivity (Wildman–Crippen MR) is 126 cm³/mol. The van der Waals surface area contributed by atoms with Gasteiger partial charge in [-0.1, -0.05) is 12.1 Å². The topological polar surface area (TPSA) is 90.3 Å². The second-order valence-corrected chi connectivity index (χ2v) is 8.72. The molecule has 204 valence electrons. The first-order valence-electron chi connectivity index (χ1n) is 10.8. The molecule has 2 heterocycles. The average Bonchev–Trinajstić information content (AvgIpc) is 3.27. The lowest BCUT2D eigenvalue weighted by atomic mass is 10.0. The van der Waals surface area contributed by atoms with Crippen molar-refractivity contribution < 1.29 is 45.1 Å². The maximum atomic E-state index is 14.5. The molecule has 2 aromatic heterocycles. The highest BCUT2D eigenvalue weighted by molar-refractivity contribution is 7.16. The molecule has 0 saturated carbocycles. The molecule has 0 bridgehead atoms. The van der Waals surface area contributed by atoms with E-state index in [0.717, 1.165) is 6.07 Å². The lowest BCUT2D eigenvalue weighted by Gasteiger charge is -2.14. The van der Waals surface area contributed by atoms with E-state index in [9.17, 15) is 45.1 Å². The highest BCUT2D eigenvalue weighted by Crippen LogP contribution is 2.37. The highest BCUT2D eigenvalue weighted by atomic mass is 32.1. The van der Waals surface area contributed by atoms with Crippen LogP contribution in [0.1, 0.15) is 38.9 Å². The summed E-state index contributed by atoms with van der Waals surface area (Å²) in [6.07, 6.45) is -10.4. The number of rotatable bonds is 5. The molecule has 0 atom stereocenters. The normalized spacial score (nSPS) is 12.0. The van der Waals surface area contributed by atoms with E-state index in [-0.39, 0.29) is 40.9 Å². The number of halogens is 7. The van der Waals surface area contributed by atoms with Crippen LogP contribution in [0.25, 0.3) is 16.5 Å². The van der Waals surface area contributed by atoms with Gasteiger partial charge in [0.2, 0.25) is 0 Å². The Morgan fingerprint density at radius 2 is 1.64 bits per heavy atom. The van der Waals surface area contributed by atoms with Crippen LogP contribution in [0, 0.1) is 5.82 Å². The van der Waals surface area contributed by atoms with Crippen LogP contribution in [0.4, 0.5) is 35.7 Å². The van der Waals surface area contributed by atoms with Crippen molar-refractivity contribution in [3.05, 3.63) is 86.4 Å². The van der Waals surface area contributed by atoms with Crippen molar-refractivity contribution in [3.63, 3.8) is 0 Å². The maximum Gasteiger partial charge on any atom is 0.416 e. The van der Waals surface area contributed by atoms with Gasteiger partial charge in [0.15, 0.2) is 5.69 Å². The number of nitrogens with one attached hydrogen (secondary N) is 1. The molecule has 7 nitrogen and oxygen atoms in total. The minimum absolute atomic E-state index is 0.0916. The number of carbonyl (C=O) groups is 2. The quantitative estimate of drug-likeness (QED) is 0.232. The number of anilines is 1. The predicted octanol–water partition coefficient (Wildman–Crippen LogP) is 6.05. The zero-order valence-corrected chi connectivity index (χ0v) is 20.2. The highest BCUT2D eigenvalue weighted by Gasteiger charge is 2.37. The third-order valence-electron chi connectivity index (χ3n) is 5.28. The number of ether oxygens (including phenoxy) is 1. The van der Waals surface area contributed by atoms with Gasteiger partial charge in [0.25, 0.3) is 11.5 Å².